The number of carbonyl (C=O) groups excluding carboxylic acids is 1. The standard InChI is InChI=1S/C13H19N3O2/c1-8(17)3-2-4-15-12-7-11-9(5-10(12)14)6-13(18)16-11/h5,7-8,15,17H,2-4,6,14H2,1H3,(H,16,18). The number of carbonyl (C=O) groups is 1. The Bertz CT molecular complexity index is 458. The van der Waals surface area contributed by atoms with Gasteiger partial charge >= 0.3 is 0 Å². The molecule has 2 rings (SSSR count). The van der Waals surface area contributed by atoms with Gasteiger partial charge in [0, 0.05) is 12.2 Å². The van der Waals surface area contributed by atoms with Crippen LogP contribution in [0.15, 0.2) is 12.1 Å². The van der Waals surface area contributed by atoms with Gasteiger partial charge in [-0.25, -0.2) is 0 Å². The molecular weight excluding hydrogens is 230 g/mol. The molecule has 5 heteroatoms. The monoisotopic (exact) mass is 249 g/mol. The van der Waals surface area contributed by atoms with Crippen LogP contribution in [0.1, 0.15) is 25.3 Å². The topological polar surface area (TPSA) is 87.4 Å². The molecule has 0 aromatic heterocycles. The molecule has 0 saturated carbocycles. The Hall–Kier alpha value is -1.75. The van der Waals surface area contributed by atoms with E-state index in [1.54, 1.807) is 6.92 Å². The van der Waals surface area contributed by atoms with Gasteiger partial charge in [0.2, 0.25) is 5.91 Å². The first kappa shape index (κ1) is 12.7. The summed E-state index contributed by atoms with van der Waals surface area (Å²) in [5.74, 6) is 0.00987. The number of nitrogens with one attached hydrogen (secondary N) is 2. The van der Waals surface area contributed by atoms with Crippen LogP contribution in [0.2, 0.25) is 0 Å². The van der Waals surface area contributed by atoms with E-state index in [1.165, 1.54) is 0 Å². The van der Waals surface area contributed by atoms with Gasteiger partial charge in [0.15, 0.2) is 0 Å². The zero-order chi connectivity index (χ0) is 13.1. The fourth-order valence-corrected chi connectivity index (χ4v) is 2.07. The molecule has 0 aliphatic carbocycles. The molecule has 0 spiro atoms. The predicted octanol–water partition coefficient (Wildman–Crippen LogP) is 1.34. The number of aliphatic hydroxyl groups excluding tert-OH is 1. The number of benzene rings is 1. The Morgan fingerprint density at radius 2 is 2.33 bits per heavy atom. The number of anilines is 3. The van der Waals surface area contributed by atoms with Crippen molar-refractivity contribution < 1.29 is 9.90 Å². The molecule has 0 bridgehead atoms. The third-order valence-corrected chi connectivity index (χ3v) is 3.01. The lowest BCUT2D eigenvalue weighted by Crippen LogP contribution is -2.08. The van der Waals surface area contributed by atoms with Crippen LogP contribution in [0.5, 0.6) is 0 Å². The molecule has 18 heavy (non-hydrogen) atoms. The van der Waals surface area contributed by atoms with Crippen LogP contribution >= 0.6 is 0 Å². The zero-order valence-corrected chi connectivity index (χ0v) is 10.5. The van der Waals surface area contributed by atoms with E-state index in [2.05, 4.69) is 10.6 Å². The molecule has 1 aliphatic rings. The van der Waals surface area contributed by atoms with Gasteiger partial charge in [0.1, 0.15) is 0 Å². The van der Waals surface area contributed by atoms with Gasteiger partial charge in [-0.15, -0.1) is 0 Å². The second-order valence-electron chi connectivity index (χ2n) is 4.74. The fraction of sp³-hybridized carbons (Fsp3) is 0.462. The van der Waals surface area contributed by atoms with Gasteiger partial charge in [0.05, 0.1) is 23.9 Å². The van der Waals surface area contributed by atoms with Crippen LogP contribution in [0.25, 0.3) is 0 Å². The van der Waals surface area contributed by atoms with E-state index >= 15 is 0 Å². The van der Waals surface area contributed by atoms with E-state index in [0.717, 1.165) is 36.3 Å². The van der Waals surface area contributed by atoms with Crippen molar-refractivity contribution in [3.63, 3.8) is 0 Å². The first-order valence-corrected chi connectivity index (χ1v) is 6.20. The summed E-state index contributed by atoms with van der Waals surface area (Å²) in [6, 6.07) is 3.71. The zero-order valence-electron chi connectivity index (χ0n) is 10.5. The van der Waals surface area contributed by atoms with Crippen LogP contribution in [0.3, 0.4) is 0 Å². The number of hydrogen-bond acceptors (Lipinski definition) is 4. The Morgan fingerprint density at radius 1 is 1.56 bits per heavy atom. The molecular formula is C13H19N3O2. The molecule has 1 unspecified atom stereocenters. The molecule has 0 saturated heterocycles. The third kappa shape index (κ3) is 2.92. The van der Waals surface area contributed by atoms with Crippen LogP contribution in [0.4, 0.5) is 17.1 Å². The van der Waals surface area contributed by atoms with E-state index in [4.69, 9.17) is 10.8 Å². The van der Waals surface area contributed by atoms with Gasteiger partial charge in [-0.1, -0.05) is 0 Å². The highest BCUT2D eigenvalue weighted by Gasteiger charge is 2.19. The quantitative estimate of drug-likeness (QED) is 0.468. The third-order valence-electron chi connectivity index (χ3n) is 3.01. The number of aliphatic hydroxyl groups is 1. The summed E-state index contributed by atoms with van der Waals surface area (Å²) in [4.78, 5) is 11.3. The van der Waals surface area contributed by atoms with Crippen LogP contribution in [-0.4, -0.2) is 23.7 Å². The lowest BCUT2D eigenvalue weighted by molar-refractivity contribution is -0.115. The lowest BCUT2D eigenvalue weighted by atomic mass is 10.1. The van der Waals surface area contributed by atoms with Gasteiger partial charge < -0.3 is 21.5 Å². The van der Waals surface area contributed by atoms with Gasteiger partial charge in [-0.05, 0) is 37.5 Å². The van der Waals surface area contributed by atoms with Crippen molar-refractivity contribution in [3.8, 4) is 0 Å². The largest absolute Gasteiger partial charge is 0.397 e. The minimum atomic E-state index is -0.275. The van der Waals surface area contributed by atoms with E-state index < -0.39 is 0 Å². The van der Waals surface area contributed by atoms with Crippen molar-refractivity contribution in [1.82, 2.24) is 0 Å². The number of nitrogens with two attached hydrogens (primary N) is 1. The Balaban J connectivity index is 1.97. The molecule has 1 atom stereocenters. The first-order chi connectivity index (χ1) is 8.56. The van der Waals surface area contributed by atoms with Crippen LogP contribution in [0, 0.1) is 0 Å². The van der Waals surface area contributed by atoms with Gasteiger partial charge in [-0.2, -0.15) is 0 Å². The van der Waals surface area contributed by atoms with Crippen molar-refractivity contribution in [1.29, 1.82) is 0 Å². The predicted molar refractivity (Wildman–Crippen MR) is 72.6 cm³/mol. The maximum atomic E-state index is 11.3. The number of rotatable bonds is 5. The summed E-state index contributed by atoms with van der Waals surface area (Å²) in [7, 11) is 0. The molecule has 1 aliphatic heterocycles. The van der Waals surface area contributed by atoms with Crippen LogP contribution < -0.4 is 16.4 Å². The molecule has 1 amide bonds. The Labute approximate surface area is 106 Å². The number of hydrogen-bond donors (Lipinski definition) is 4. The lowest BCUT2D eigenvalue weighted by Gasteiger charge is -2.12. The number of nitrogen functional groups attached to an aromatic ring is 1. The van der Waals surface area contributed by atoms with Crippen molar-refractivity contribution in [2.45, 2.75) is 32.3 Å². The molecule has 0 fully saturated rings. The molecule has 1 aromatic carbocycles. The van der Waals surface area contributed by atoms with Gasteiger partial charge in [0.25, 0.3) is 0 Å². The summed E-state index contributed by atoms with van der Waals surface area (Å²) in [6.07, 6.45) is 1.76. The summed E-state index contributed by atoms with van der Waals surface area (Å²) in [5, 5.41) is 15.2. The van der Waals surface area contributed by atoms with E-state index in [0.29, 0.717) is 12.1 Å². The second-order valence-corrected chi connectivity index (χ2v) is 4.74. The second kappa shape index (κ2) is 5.27. The molecule has 0 radical (unpaired) electrons. The molecule has 1 aromatic rings. The highest BCUT2D eigenvalue weighted by molar-refractivity contribution is 6.00. The Morgan fingerprint density at radius 3 is 3.06 bits per heavy atom. The summed E-state index contributed by atoms with van der Waals surface area (Å²) in [6.45, 7) is 2.53. The fourth-order valence-electron chi connectivity index (χ4n) is 2.07. The van der Waals surface area contributed by atoms with Crippen molar-refractivity contribution in [2.24, 2.45) is 0 Å². The molecule has 5 nitrogen and oxygen atoms in total. The molecule has 5 N–H and O–H groups in total. The van der Waals surface area contributed by atoms with E-state index in [-0.39, 0.29) is 12.0 Å². The average molecular weight is 249 g/mol. The van der Waals surface area contributed by atoms with Crippen molar-refractivity contribution >= 4 is 23.0 Å². The van der Waals surface area contributed by atoms with Crippen molar-refractivity contribution in [2.75, 3.05) is 22.9 Å². The smallest absolute Gasteiger partial charge is 0.228 e. The average Bonchev–Trinajstić information content (AvgIpc) is 2.63. The highest BCUT2D eigenvalue weighted by Crippen LogP contribution is 2.31. The normalized spacial score (nSPS) is 15.1. The van der Waals surface area contributed by atoms with E-state index in [1.807, 2.05) is 12.1 Å². The molecule has 98 valence electrons. The SMILES string of the molecule is CC(O)CCCNc1cc2c(cc1N)CC(=O)N2. The highest BCUT2D eigenvalue weighted by atomic mass is 16.3. The Kier molecular flexibility index (Phi) is 3.72. The maximum Gasteiger partial charge on any atom is 0.228 e. The minimum Gasteiger partial charge on any atom is -0.397 e. The minimum absolute atomic E-state index is 0.00987. The van der Waals surface area contributed by atoms with E-state index in [9.17, 15) is 4.79 Å². The summed E-state index contributed by atoms with van der Waals surface area (Å²) < 4.78 is 0. The summed E-state index contributed by atoms with van der Waals surface area (Å²) >= 11 is 0. The van der Waals surface area contributed by atoms with Crippen LogP contribution in [-0.2, 0) is 11.2 Å². The van der Waals surface area contributed by atoms with Gasteiger partial charge in [-0.3, -0.25) is 4.79 Å². The first-order valence-electron chi connectivity index (χ1n) is 6.20. The number of amides is 1. The van der Waals surface area contributed by atoms with Crippen molar-refractivity contribution in [3.05, 3.63) is 17.7 Å². The number of fused-ring (bicyclic) bond motifs is 1. The maximum absolute atomic E-state index is 11.3. The molecule has 1 heterocycles. The summed E-state index contributed by atoms with van der Waals surface area (Å²) in [5.41, 5.74) is 9.21.